The second kappa shape index (κ2) is 7.82. The fourth-order valence-electron chi connectivity index (χ4n) is 4.18. The number of benzene rings is 2. The Morgan fingerprint density at radius 3 is 1.97 bits per heavy atom. The molecule has 0 spiro atoms. The molecular formula is C23H24INO4. The minimum atomic E-state index is -1.39. The fraction of sp³-hybridized carbons (Fsp3) is 0.304. The topological polar surface area (TPSA) is 77.8 Å². The molecular weight excluding hydrogens is 481 g/mol. The molecule has 0 amide bonds. The smallest absolute Gasteiger partial charge is 0.318 e. The van der Waals surface area contributed by atoms with Crippen LogP contribution in [-0.2, 0) is 20.4 Å². The lowest BCUT2D eigenvalue weighted by Gasteiger charge is -2.43. The Hall–Kier alpha value is -2.35. The number of allylic oxidation sites excluding steroid dienone is 1. The molecule has 0 bridgehead atoms. The van der Waals surface area contributed by atoms with Gasteiger partial charge in [-0.15, -0.1) is 0 Å². The summed E-state index contributed by atoms with van der Waals surface area (Å²) in [5.74, 6) is -2.03. The highest BCUT2D eigenvalue weighted by molar-refractivity contribution is 14.1. The quantitative estimate of drug-likeness (QED) is 0.464. The predicted octanol–water partition coefficient (Wildman–Crippen LogP) is 4.44. The van der Waals surface area contributed by atoms with Crippen molar-refractivity contribution in [1.29, 1.82) is 0 Å². The van der Waals surface area contributed by atoms with Gasteiger partial charge in [-0.05, 0) is 77.7 Å². The summed E-state index contributed by atoms with van der Waals surface area (Å²) in [6, 6.07) is 14.7. The first-order chi connectivity index (χ1) is 13.6. The SMILES string of the molecule is CC1=CCC(C(=O)O)(c2ccc(N(C)C)cc2)CC1(C(=O)O)c1ccc(I)cc1. The van der Waals surface area contributed by atoms with Crippen LogP contribution in [0.1, 0.15) is 30.9 Å². The van der Waals surface area contributed by atoms with E-state index < -0.39 is 22.8 Å². The molecule has 5 nitrogen and oxygen atoms in total. The number of anilines is 1. The number of hydrogen-bond acceptors (Lipinski definition) is 3. The number of aliphatic carboxylic acids is 2. The van der Waals surface area contributed by atoms with Crippen LogP contribution in [0.4, 0.5) is 5.69 Å². The van der Waals surface area contributed by atoms with E-state index in [9.17, 15) is 19.8 Å². The lowest BCUT2D eigenvalue weighted by atomic mass is 9.57. The Bertz CT molecular complexity index is 965. The van der Waals surface area contributed by atoms with E-state index in [1.54, 1.807) is 37.3 Å². The molecule has 0 saturated carbocycles. The van der Waals surface area contributed by atoms with Gasteiger partial charge in [-0.2, -0.15) is 0 Å². The summed E-state index contributed by atoms with van der Waals surface area (Å²) in [7, 11) is 3.84. The molecule has 2 atom stereocenters. The van der Waals surface area contributed by atoms with Crippen molar-refractivity contribution in [3.8, 4) is 0 Å². The molecule has 0 saturated heterocycles. The van der Waals surface area contributed by atoms with Gasteiger partial charge in [0.05, 0.1) is 5.41 Å². The molecule has 2 aromatic carbocycles. The normalized spacial score (nSPS) is 23.9. The van der Waals surface area contributed by atoms with Gasteiger partial charge in [-0.3, -0.25) is 9.59 Å². The van der Waals surface area contributed by atoms with Crippen LogP contribution in [0.25, 0.3) is 0 Å². The number of carboxylic acid groups (broad SMARTS) is 2. The summed E-state index contributed by atoms with van der Waals surface area (Å²) >= 11 is 2.17. The van der Waals surface area contributed by atoms with Gasteiger partial charge in [0.25, 0.3) is 0 Å². The summed E-state index contributed by atoms with van der Waals surface area (Å²) in [5, 5.41) is 20.6. The van der Waals surface area contributed by atoms with E-state index in [0.717, 1.165) is 9.26 Å². The summed E-state index contributed by atoms with van der Waals surface area (Å²) in [5.41, 5.74) is 0.157. The summed E-state index contributed by atoms with van der Waals surface area (Å²) < 4.78 is 0.994. The van der Waals surface area contributed by atoms with Crippen molar-refractivity contribution in [3.05, 3.63) is 74.9 Å². The molecule has 0 heterocycles. The van der Waals surface area contributed by atoms with Crippen LogP contribution in [0, 0.1) is 3.57 Å². The molecule has 0 radical (unpaired) electrons. The van der Waals surface area contributed by atoms with Gasteiger partial charge in [0.1, 0.15) is 5.41 Å². The molecule has 1 aliphatic carbocycles. The number of carboxylic acids is 2. The third-order valence-corrected chi connectivity index (χ3v) is 6.76. The van der Waals surface area contributed by atoms with Gasteiger partial charge in [-0.25, -0.2) is 0 Å². The Kier molecular flexibility index (Phi) is 5.76. The van der Waals surface area contributed by atoms with Crippen molar-refractivity contribution in [3.63, 3.8) is 0 Å². The fourth-order valence-corrected chi connectivity index (χ4v) is 4.54. The maximum absolute atomic E-state index is 12.6. The zero-order chi connectivity index (χ0) is 21.4. The van der Waals surface area contributed by atoms with Crippen molar-refractivity contribution in [2.45, 2.75) is 30.6 Å². The standard InChI is InChI=1S/C23H24INO4/c1-15-12-13-22(20(26)27,16-6-10-19(11-7-16)25(2)3)14-23(15,21(28)29)17-4-8-18(24)9-5-17/h4-12H,13-14H2,1-3H3,(H,26,27)(H,28,29). The van der Waals surface area contributed by atoms with E-state index in [1.165, 1.54) is 0 Å². The minimum absolute atomic E-state index is 0.0328. The van der Waals surface area contributed by atoms with E-state index >= 15 is 0 Å². The first-order valence-corrected chi connectivity index (χ1v) is 10.4. The van der Waals surface area contributed by atoms with Crippen molar-refractivity contribution >= 4 is 40.2 Å². The average Bonchev–Trinajstić information content (AvgIpc) is 2.69. The predicted molar refractivity (Wildman–Crippen MR) is 122 cm³/mol. The third kappa shape index (κ3) is 3.54. The lowest BCUT2D eigenvalue weighted by molar-refractivity contribution is -0.148. The van der Waals surface area contributed by atoms with E-state index in [-0.39, 0.29) is 12.8 Å². The molecule has 3 rings (SSSR count). The van der Waals surface area contributed by atoms with Crippen molar-refractivity contribution in [2.75, 3.05) is 19.0 Å². The van der Waals surface area contributed by atoms with Gasteiger partial charge in [0, 0.05) is 23.4 Å². The number of carbonyl (C=O) groups is 2. The number of rotatable bonds is 5. The van der Waals surface area contributed by atoms with Gasteiger partial charge in [0.2, 0.25) is 0 Å². The molecule has 152 valence electrons. The largest absolute Gasteiger partial charge is 0.481 e. The van der Waals surface area contributed by atoms with Crippen LogP contribution in [0.2, 0.25) is 0 Å². The summed E-state index contributed by atoms with van der Waals surface area (Å²) in [6.45, 7) is 1.78. The van der Waals surface area contributed by atoms with E-state index in [2.05, 4.69) is 22.6 Å². The number of nitrogens with zero attached hydrogens (tertiary/aromatic N) is 1. The third-order valence-electron chi connectivity index (χ3n) is 6.04. The molecule has 1 aliphatic rings. The zero-order valence-corrected chi connectivity index (χ0v) is 18.8. The average molecular weight is 505 g/mol. The van der Waals surface area contributed by atoms with Crippen molar-refractivity contribution < 1.29 is 19.8 Å². The maximum atomic E-state index is 12.6. The van der Waals surface area contributed by atoms with Crippen molar-refractivity contribution in [1.82, 2.24) is 0 Å². The van der Waals surface area contributed by atoms with E-state index in [1.807, 2.05) is 43.3 Å². The zero-order valence-electron chi connectivity index (χ0n) is 16.6. The van der Waals surface area contributed by atoms with E-state index in [0.29, 0.717) is 16.7 Å². The highest BCUT2D eigenvalue weighted by Gasteiger charge is 2.55. The molecule has 0 aromatic heterocycles. The summed E-state index contributed by atoms with van der Waals surface area (Å²) in [4.78, 5) is 27.1. The Morgan fingerprint density at radius 2 is 1.48 bits per heavy atom. The van der Waals surface area contributed by atoms with Gasteiger partial charge >= 0.3 is 11.9 Å². The first kappa shape index (κ1) is 21.4. The Labute approximate surface area is 184 Å². The number of hydrogen-bond donors (Lipinski definition) is 2. The van der Waals surface area contributed by atoms with Gasteiger partial charge in [-0.1, -0.05) is 35.9 Å². The molecule has 2 aromatic rings. The molecule has 29 heavy (non-hydrogen) atoms. The first-order valence-electron chi connectivity index (χ1n) is 9.31. The maximum Gasteiger partial charge on any atom is 0.318 e. The van der Waals surface area contributed by atoms with Gasteiger partial charge < -0.3 is 15.1 Å². The lowest BCUT2D eigenvalue weighted by Crippen LogP contribution is -2.50. The monoisotopic (exact) mass is 505 g/mol. The highest BCUT2D eigenvalue weighted by atomic mass is 127. The van der Waals surface area contributed by atoms with Crippen molar-refractivity contribution in [2.24, 2.45) is 0 Å². The van der Waals surface area contributed by atoms with Crippen LogP contribution in [0.15, 0.2) is 60.2 Å². The molecule has 2 unspecified atom stereocenters. The Balaban J connectivity index is 2.19. The van der Waals surface area contributed by atoms with Crippen LogP contribution >= 0.6 is 22.6 Å². The van der Waals surface area contributed by atoms with Gasteiger partial charge in [0.15, 0.2) is 0 Å². The minimum Gasteiger partial charge on any atom is -0.481 e. The molecule has 0 fully saturated rings. The van der Waals surface area contributed by atoms with E-state index in [4.69, 9.17) is 0 Å². The van der Waals surface area contributed by atoms with Crippen LogP contribution in [-0.4, -0.2) is 36.2 Å². The van der Waals surface area contributed by atoms with Crippen LogP contribution < -0.4 is 4.90 Å². The summed E-state index contributed by atoms with van der Waals surface area (Å²) in [6.07, 6.45) is 2.01. The number of halogens is 1. The molecule has 2 N–H and O–H groups in total. The molecule has 0 aliphatic heterocycles. The van der Waals surface area contributed by atoms with Crippen LogP contribution in [0.3, 0.4) is 0 Å². The molecule has 6 heteroatoms. The van der Waals surface area contributed by atoms with Crippen LogP contribution in [0.5, 0.6) is 0 Å². The highest BCUT2D eigenvalue weighted by Crippen LogP contribution is 2.50. The second-order valence-electron chi connectivity index (χ2n) is 7.81. The Morgan fingerprint density at radius 1 is 0.931 bits per heavy atom. The second-order valence-corrected chi connectivity index (χ2v) is 9.06.